The average molecular weight is 401 g/mol. The summed E-state index contributed by atoms with van der Waals surface area (Å²) in [5.41, 5.74) is 1.97. The van der Waals surface area contributed by atoms with Crippen LogP contribution >= 0.6 is 11.3 Å². The first-order valence-corrected chi connectivity index (χ1v) is 9.40. The highest BCUT2D eigenvalue weighted by Gasteiger charge is 2.25. The molecule has 3 rings (SSSR count). The molecule has 0 aliphatic rings. The number of nitrogens with zero attached hydrogens (tertiary/aromatic N) is 1. The molecule has 0 radical (unpaired) electrons. The lowest BCUT2D eigenvalue weighted by Gasteiger charge is -2.18. The van der Waals surface area contributed by atoms with Gasteiger partial charge in [0, 0.05) is 22.2 Å². The second-order valence-electron chi connectivity index (χ2n) is 6.26. The van der Waals surface area contributed by atoms with E-state index in [1.165, 1.54) is 37.7 Å². The van der Waals surface area contributed by atoms with E-state index in [1.807, 2.05) is 13.0 Å². The lowest BCUT2D eigenvalue weighted by molar-refractivity contribution is -0.137. The second kappa shape index (κ2) is 8.39. The third-order valence-corrected chi connectivity index (χ3v) is 5.42. The van der Waals surface area contributed by atoms with Gasteiger partial charge in [-0.3, -0.25) is 4.79 Å². The summed E-state index contributed by atoms with van der Waals surface area (Å²) in [6.07, 6.45) is 1.59. The largest absolute Gasteiger partial charge is 0.496 e. The molecule has 5 nitrogen and oxygen atoms in total. The van der Waals surface area contributed by atoms with Gasteiger partial charge in [-0.05, 0) is 42.8 Å². The van der Waals surface area contributed by atoms with E-state index in [0.29, 0.717) is 33.2 Å². The molecule has 0 spiro atoms. The zero-order valence-electron chi connectivity index (χ0n) is 15.7. The fourth-order valence-electron chi connectivity index (χ4n) is 3.12. The summed E-state index contributed by atoms with van der Waals surface area (Å²) in [6, 6.07) is 9.66. The van der Waals surface area contributed by atoms with Crippen molar-refractivity contribution in [1.82, 2.24) is 4.98 Å². The molecule has 3 aromatic rings. The number of hydrogen-bond acceptors (Lipinski definition) is 5. The summed E-state index contributed by atoms with van der Waals surface area (Å²) in [4.78, 5) is 16.9. The first-order valence-electron chi connectivity index (χ1n) is 8.59. The van der Waals surface area contributed by atoms with E-state index in [-0.39, 0.29) is 12.2 Å². The van der Waals surface area contributed by atoms with E-state index >= 15 is 0 Å². The topological polar surface area (TPSA) is 68.7 Å². The van der Waals surface area contributed by atoms with Crippen LogP contribution in [0.1, 0.15) is 27.8 Å². The van der Waals surface area contributed by atoms with Crippen molar-refractivity contribution >= 4 is 17.3 Å². The number of ether oxygens (including phenoxy) is 2. The molecule has 0 saturated heterocycles. The van der Waals surface area contributed by atoms with Gasteiger partial charge in [0.05, 0.1) is 26.6 Å². The minimum Gasteiger partial charge on any atom is -0.496 e. The quantitative estimate of drug-likeness (QED) is 0.611. The molecule has 0 aliphatic carbocycles. The molecular formula is C21H20FNO4S. The van der Waals surface area contributed by atoms with Gasteiger partial charge in [-0.15, -0.1) is 11.3 Å². The van der Waals surface area contributed by atoms with Gasteiger partial charge >= 0.3 is 5.97 Å². The Morgan fingerprint density at radius 2 is 1.89 bits per heavy atom. The number of aliphatic carboxylic acids is 1. The minimum absolute atomic E-state index is 0.132. The molecule has 2 aromatic carbocycles. The highest BCUT2D eigenvalue weighted by atomic mass is 32.1. The zero-order valence-corrected chi connectivity index (χ0v) is 16.5. The Balaban J connectivity index is 2.17. The summed E-state index contributed by atoms with van der Waals surface area (Å²) in [5.74, 6) is -0.722. The summed E-state index contributed by atoms with van der Waals surface area (Å²) in [5, 5.41) is 10.1. The third kappa shape index (κ3) is 4.14. The van der Waals surface area contributed by atoms with Crippen molar-refractivity contribution in [2.75, 3.05) is 14.2 Å². The van der Waals surface area contributed by atoms with Gasteiger partial charge < -0.3 is 14.6 Å². The van der Waals surface area contributed by atoms with Gasteiger partial charge in [-0.25, -0.2) is 9.37 Å². The normalized spacial score (nSPS) is 11.9. The van der Waals surface area contributed by atoms with E-state index in [0.717, 1.165) is 4.88 Å². The van der Waals surface area contributed by atoms with Crippen LogP contribution in [0, 0.1) is 12.7 Å². The number of rotatable bonds is 7. The van der Waals surface area contributed by atoms with Crippen LogP contribution in [0.5, 0.6) is 11.5 Å². The number of carboxylic acid groups (broad SMARTS) is 1. The first-order chi connectivity index (χ1) is 13.4. The molecule has 28 heavy (non-hydrogen) atoms. The molecule has 146 valence electrons. The maximum Gasteiger partial charge on any atom is 0.304 e. The fourth-order valence-corrected chi connectivity index (χ4v) is 4.01. The van der Waals surface area contributed by atoms with E-state index in [1.54, 1.807) is 24.4 Å². The first kappa shape index (κ1) is 19.8. The average Bonchev–Trinajstić information content (AvgIpc) is 3.11. The second-order valence-corrected chi connectivity index (χ2v) is 7.53. The van der Waals surface area contributed by atoms with E-state index in [4.69, 9.17) is 9.47 Å². The van der Waals surface area contributed by atoms with E-state index < -0.39 is 11.9 Å². The molecule has 0 amide bonds. The van der Waals surface area contributed by atoms with Crippen molar-refractivity contribution in [3.8, 4) is 22.6 Å². The Labute approximate surface area is 166 Å². The van der Waals surface area contributed by atoms with E-state index in [2.05, 4.69) is 4.98 Å². The smallest absolute Gasteiger partial charge is 0.304 e. The molecule has 1 aromatic heterocycles. The molecule has 0 fully saturated rings. The van der Waals surface area contributed by atoms with Crippen LogP contribution < -0.4 is 9.47 Å². The van der Waals surface area contributed by atoms with Crippen molar-refractivity contribution in [2.24, 2.45) is 0 Å². The number of aryl methyl sites for hydroxylation is 1. The maximum absolute atomic E-state index is 13.8. The Morgan fingerprint density at radius 3 is 2.50 bits per heavy atom. The van der Waals surface area contributed by atoms with Crippen molar-refractivity contribution in [3.05, 3.63) is 63.9 Å². The van der Waals surface area contributed by atoms with Crippen LogP contribution in [0.3, 0.4) is 0 Å². The number of benzene rings is 2. The van der Waals surface area contributed by atoms with Crippen molar-refractivity contribution < 1.29 is 23.8 Å². The summed E-state index contributed by atoms with van der Waals surface area (Å²) in [7, 11) is 3.05. The number of aromatic nitrogens is 1. The van der Waals surface area contributed by atoms with Gasteiger partial charge in [0.15, 0.2) is 0 Å². The number of methoxy groups -OCH3 is 2. The lowest BCUT2D eigenvalue weighted by atomic mass is 9.91. The number of hydrogen-bond donors (Lipinski definition) is 1. The number of thiazole rings is 1. The van der Waals surface area contributed by atoms with Gasteiger partial charge in [0.2, 0.25) is 0 Å². The van der Waals surface area contributed by atoms with Crippen LogP contribution in [0.2, 0.25) is 0 Å². The predicted octanol–water partition coefficient (Wildman–Crippen LogP) is 4.88. The Morgan fingerprint density at radius 1 is 1.18 bits per heavy atom. The predicted molar refractivity (Wildman–Crippen MR) is 106 cm³/mol. The minimum atomic E-state index is -0.936. The zero-order chi connectivity index (χ0) is 20.3. The van der Waals surface area contributed by atoms with Gasteiger partial charge in [-0.1, -0.05) is 6.07 Å². The maximum atomic E-state index is 13.8. The number of carbonyl (C=O) groups is 1. The molecular weight excluding hydrogens is 381 g/mol. The van der Waals surface area contributed by atoms with Gasteiger partial charge in [0.1, 0.15) is 22.3 Å². The molecule has 1 N–H and O–H groups in total. The number of halogens is 1. The molecule has 1 atom stereocenters. The van der Waals surface area contributed by atoms with Crippen LogP contribution in [-0.4, -0.2) is 30.3 Å². The highest BCUT2D eigenvalue weighted by Crippen LogP contribution is 2.40. The van der Waals surface area contributed by atoms with Crippen molar-refractivity contribution in [3.63, 3.8) is 0 Å². The van der Waals surface area contributed by atoms with Crippen molar-refractivity contribution in [1.29, 1.82) is 0 Å². The standard InChI is InChI=1S/C21H20FNO4S/c1-12-11-23-21(28-12)17(10-20(24)25)16-8-13(4-6-19(16)27-3)15-9-14(22)5-7-18(15)26-2/h4-9,11,17H,10H2,1-3H3,(H,24,25). The van der Waals surface area contributed by atoms with Crippen LogP contribution in [0.25, 0.3) is 11.1 Å². The molecule has 1 unspecified atom stereocenters. The summed E-state index contributed by atoms with van der Waals surface area (Å²) >= 11 is 1.45. The molecule has 0 aliphatic heterocycles. The summed E-state index contributed by atoms with van der Waals surface area (Å²) in [6.45, 7) is 1.92. The van der Waals surface area contributed by atoms with Crippen molar-refractivity contribution in [2.45, 2.75) is 19.3 Å². The monoisotopic (exact) mass is 401 g/mol. The number of carboxylic acids is 1. The third-order valence-electron chi connectivity index (χ3n) is 4.39. The van der Waals surface area contributed by atoms with E-state index in [9.17, 15) is 14.3 Å². The Bertz CT molecular complexity index is 1000. The molecule has 7 heteroatoms. The summed E-state index contributed by atoms with van der Waals surface area (Å²) < 4.78 is 24.7. The van der Waals surface area contributed by atoms with Gasteiger partial charge in [0.25, 0.3) is 0 Å². The van der Waals surface area contributed by atoms with Gasteiger partial charge in [-0.2, -0.15) is 0 Å². The Hall–Kier alpha value is -2.93. The molecule has 0 bridgehead atoms. The highest BCUT2D eigenvalue weighted by molar-refractivity contribution is 7.11. The van der Waals surface area contributed by atoms with Crippen LogP contribution in [-0.2, 0) is 4.79 Å². The Kier molecular flexibility index (Phi) is 5.94. The SMILES string of the molecule is COc1ccc(F)cc1-c1ccc(OC)c(C(CC(=O)O)c2ncc(C)s2)c1. The fraction of sp³-hybridized carbons (Fsp3) is 0.238. The lowest BCUT2D eigenvalue weighted by Crippen LogP contribution is -2.09. The van der Waals surface area contributed by atoms with Crippen LogP contribution in [0.15, 0.2) is 42.6 Å². The molecule has 0 saturated carbocycles. The van der Waals surface area contributed by atoms with Crippen LogP contribution in [0.4, 0.5) is 4.39 Å². The molecule has 1 heterocycles.